The number of amides is 2. The monoisotopic (exact) mass is 313 g/mol. The summed E-state index contributed by atoms with van der Waals surface area (Å²) in [6, 6.07) is 4.79. The van der Waals surface area contributed by atoms with E-state index in [1.165, 1.54) is 4.90 Å². The fourth-order valence-corrected chi connectivity index (χ4v) is 1.86. The number of rotatable bonds is 4. The molecule has 0 atom stereocenters. The van der Waals surface area contributed by atoms with Crippen molar-refractivity contribution >= 4 is 33.4 Å². The lowest BCUT2D eigenvalue weighted by Gasteiger charge is -2.25. The molecule has 1 rings (SSSR count). The molecule has 98 valence electrons. The maximum atomic E-state index is 12.2. The molecule has 0 unspecified atom stereocenters. The van der Waals surface area contributed by atoms with Crippen LogP contribution in [0.1, 0.15) is 24.2 Å². The van der Waals surface area contributed by atoms with Gasteiger partial charge in [-0.1, -0.05) is 0 Å². The van der Waals surface area contributed by atoms with Crippen molar-refractivity contribution in [1.29, 1.82) is 0 Å². The summed E-state index contributed by atoms with van der Waals surface area (Å²) < 4.78 is 0.649. The van der Waals surface area contributed by atoms with E-state index in [4.69, 9.17) is 11.5 Å². The molecule has 0 aliphatic rings. The van der Waals surface area contributed by atoms with Gasteiger partial charge in [0.05, 0.1) is 6.54 Å². The van der Waals surface area contributed by atoms with Gasteiger partial charge in [-0.05, 0) is 48.0 Å². The first-order valence-electron chi connectivity index (χ1n) is 5.47. The van der Waals surface area contributed by atoms with Gasteiger partial charge in [0.2, 0.25) is 5.91 Å². The Morgan fingerprint density at radius 1 is 1.39 bits per heavy atom. The number of anilines is 1. The molecule has 2 amide bonds. The summed E-state index contributed by atoms with van der Waals surface area (Å²) in [7, 11) is 0. The van der Waals surface area contributed by atoms with Crippen molar-refractivity contribution in [3.63, 3.8) is 0 Å². The van der Waals surface area contributed by atoms with Crippen LogP contribution in [0.15, 0.2) is 22.7 Å². The largest absolute Gasteiger partial charge is 0.398 e. The van der Waals surface area contributed by atoms with E-state index in [2.05, 4.69) is 15.9 Å². The van der Waals surface area contributed by atoms with Crippen LogP contribution in [0.3, 0.4) is 0 Å². The number of hydrogen-bond donors (Lipinski definition) is 2. The zero-order valence-corrected chi connectivity index (χ0v) is 11.9. The first kappa shape index (κ1) is 14.5. The SMILES string of the molecule is CC(C)N(CC(N)=O)C(=O)c1ccc(N)c(Br)c1. The Labute approximate surface area is 114 Å². The van der Waals surface area contributed by atoms with Crippen LogP contribution in [0.5, 0.6) is 0 Å². The molecule has 0 radical (unpaired) electrons. The number of nitrogens with two attached hydrogens (primary N) is 2. The number of hydrogen-bond acceptors (Lipinski definition) is 3. The Morgan fingerprint density at radius 3 is 2.44 bits per heavy atom. The molecule has 0 saturated heterocycles. The standard InChI is InChI=1S/C12H16BrN3O2/c1-7(2)16(6-11(15)17)12(18)8-3-4-10(14)9(13)5-8/h3-5,7H,6,14H2,1-2H3,(H2,15,17). The maximum Gasteiger partial charge on any atom is 0.254 e. The van der Waals surface area contributed by atoms with E-state index in [9.17, 15) is 9.59 Å². The zero-order chi connectivity index (χ0) is 13.9. The summed E-state index contributed by atoms with van der Waals surface area (Å²) in [5, 5.41) is 0. The Morgan fingerprint density at radius 2 is 2.00 bits per heavy atom. The van der Waals surface area contributed by atoms with Gasteiger partial charge in [-0.2, -0.15) is 0 Å². The minimum absolute atomic E-state index is 0.0987. The zero-order valence-electron chi connectivity index (χ0n) is 10.3. The molecule has 0 saturated carbocycles. The van der Waals surface area contributed by atoms with Gasteiger partial charge in [0.15, 0.2) is 0 Å². The first-order chi connectivity index (χ1) is 8.32. The van der Waals surface area contributed by atoms with Crippen LogP contribution in [0.25, 0.3) is 0 Å². The minimum atomic E-state index is -0.536. The van der Waals surface area contributed by atoms with Crippen LogP contribution in [0.2, 0.25) is 0 Å². The summed E-state index contributed by atoms with van der Waals surface area (Å²) in [6.45, 7) is 3.55. The molecule has 0 aliphatic heterocycles. The number of nitrogen functional groups attached to an aromatic ring is 1. The second kappa shape index (κ2) is 5.86. The van der Waals surface area contributed by atoms with Gasteiger partial charge in [0.25, 0.3) is 5.91 Å². The Bertz CT molecular complexity index is 474. The average molecular weight is 314 g/mol. The second-order valence-corrected chi connectivity index (χ2v) is 5.08. The molecule has 18 heavy (non-hydrogen) atoms. The summed E-state index contributed by atoms with van der Waals surface area (Å²) in [5.74, 6) is -0.781. The Balaban J connectivity index is 3.02. The first-order valence-corrected chi connectivity index (χ1v) is 6.26. The molecule has 0 aromatic heterocycles. The van der Waals surface area contributed by atoms with Gasteiger partial charge >= 0.3 is 0 Å². The minimum Gasteiger partial charge on any atom is -0.398 e. The molecular formula is C12H16BrN3O2. The molecule has 0 bridgehead atoms. The predicted molar refractivity (Wildman–Crippen MR) is 73.9 cm³/mol. The van der Waals surface area contributed by atoms with E-state index >= 15 is 0 Å². The molecular weight excluding hydrogens is 298 g/mol. The molecule has 0 heterocycles. The van der Waals surface area contributed by atoms with E-state index in [-0.39, 0.29) is 18.5 Å². The van der Waals surface area contributed by atoms with Gasteiger partial charge in [-0.25, -0.2) is 0 Å². The smallest absolute Gasteiger partial charge is 0.254 e. The number of halogens is 1. The molecule has 0 fully saturated rings. The van der Waals surface area contributed by atoms with E-state index in [0.717, 1.165) is 0 Å². The van der Waals surface area contributed by atoms with Gasteiger partial charge in [-0.15, -0.1) is 0 Å². The second-order valence-electron chi connectivity index (χ2n) is 4.23. The van der Waals surface area contributed by atoms with Gasteiger partial charge in [0, 0.05) is 21.8 Å². The van der Waals surface area contributed by atoms with Crippen molar-refractivity contribution in [2.24, 2.45) is 5.73 Å². The third kappa shape index (κ3) is 3.46. The lowest BCUT2D eigenvalue weighted by molar-refractivity contribution is -0.119. The van der Waals surface area contributed by atoms with Gasteiger partial charge in [-0.3, -0.25) is 9.59 Å². The maximum absolute atomic E-state index is 12.2. The van der Waals surface area contributed by atoms with Crippen LogP contribution in [-0.4, -0.2) is 29.3 Å². The molecule has 6 heteroatoms. The highest BCUT2D eigenvalue weighted by Gasteiger charge is 2.20. The molecule has 5 nitrogen and oxygen atoms in total. The summed E-state index contributed by atoms with van der Waals surface area (Å²) in [4.78, 5) is 24.6. The number of nitrogens with zero attached hydrogens (tertiary/aromatic N) is 1. The molecule has 0 aliphatic carbocycles. The van der Waals surface area contributed by atoms with Crippen LogP contribution in [0.4, 0.5) is 5.69 Å². The number of carbonyl (C=O) groups is 2. The van der Waals surface area contributed by atoms with Crippen LogP contribution in [-0.2, 0) is 4.79 Å². The topological polar surface area (TPSA) is 89.4 Å². The number of benzene rings is 1. The quantitative estimate of drug-likeness (QED) is 0.823. The Hall–Kier alpha value is -1.56. The van der Waals surface area contributed by atoms with Gasteiger partial charge < -0.3 is 16.4 Å². The van der Waals surface area contributed by atoms with Crippen molar-refractivity contribution in [2.75, 3.05) is 12.3 Å². The predicted octanol–water partition coefficient (Wildman–Crippen LogP) is 1.37. The number of primary amides is 1. The van der Waals surface area contributed by atoms with Crippen molar-refractivity contribution in [1.82, 2.24) is 4.90 Å². The third-order valence-electron chi connectivity index (χ3n) is 2.46. The van der Waals surface area contributed by atoms with Crippen molar-refractivity contribution in [3.05, 3.63) is 28.2 Å². The number of carbonyl (C=O) groups excluding carboxylic acids is 2. The summed E-state index contributed by atoms with van der Waals surface area (Å²) >= 11 is 3.26. The Kier molecular flexibility index (Phi) is 4.72. The fraction of sp³-hybridized carbons (Fsp3) is 0.333. The molecule has 4 N–H and O–H groups in total. The third-order valence-corrected chi connectivity index (χ3v) is 3.14. The van der Waals surface area contributed by atoms with E-state index in [1.807, 2.05) is 13.8 Å². The molecule has 1 aromatic rings. The fourth-order valence-electron chi connectivity index (χ4n) is 1.48. The van der Waals surface area contributed by atoms with Crippen LogP contribution < -0.4 is 11.5 Å². The van der Waals surface area contributed by atoms with E-state index < -0.39 is 5.91 Å². The highest BCUT2D eigenvalue weighted by atomic mass is 79.9. The average Bonchev–Trinajstić information content (AvgIpc) is 2.28. The summed E-state index contributed by atoms with van der Waals surface area (Å²) in [5.41, 5.74) is 11.8. The molecule has 0 spiro atoms. The van der Waals surface area contributed by atoms with Crippen molar-refractivity contribution in [3.8, 4) is 0 Å². The van der Waals surface area contributed by atoms with E-state index in [1.54, 1.807) is 18.2 Å². The highest BCUT2D eigenvalue weighted by molar-refractivity contribution is 9.10. The lowest BCUT2D eigenvalue weighted by atomic mass is 10.1. The van der Waals surface area contributed by atoms with Crippen molar-refractivity contribution < 1.29 is 9.59 Å². The van der Waals surface area contributed by atoms with Crippen LogP contribution in [0, 0.1) is 0 Å². The van der Waals surface area contributed by atoms with Crippen molar-refractivity contribution in [2.45, 2.75) is 19.9 Å². The lowest BCUT2D eigenvalue weighted by Crippen LogP contribution is -2.42. The molecule has 1 aromatic carbocycles. The normalized spacial score (nSPS) is 10.4. The highest BCUT2D eigenvalue weighted by Crippen LogP contribution is 2.21. The van der Waals surface area contributed by atoms with Crippen LogP contribution >= 0.6 is 15.9 Å². The summed E-state index contributed by atoms with van der Waals surface area (Å²) in [6.07, 6.45) is 0. The van der Waals surface area contributed by atoms with Gasteiger partial charge in [0.1, 0.15) is 0 Å². The van der Waals surface area contributed by atoms with E-state index in [0.29, 0.717) is 15.7 Å².